The number of benzene rings is 2. The molecule has 1 heterocycles. The van der Waals surface area contributed by atoms with Crippen molar-refractivity contribution in [1.29, 1.82) is 0 Å². The second-order valence-electron chi connectivity index (χ2n) is 4.67. The highest BCUT2D eigenvalue weighted by Crippen LogP contribution is 2.40. The number of aromatic amines is 1. The van der Waals surface area contributed by atoms with Crippen LogP contribution >= 0.6 is 0 Å². The van der Waals surface area contributed by atoms with Crippen molar-refractivity contribution >= 4 is 23.1 Å². The minimum atomic E-state index is 0.462. The minimum Gasteiger partial charge on any atom is -0.428 e. The summed E-state index contributed by atoms with van der Waals surface area (Å²) in [6.45, 7) is 3.29. The van der Waals surface area contributed by atoms with Crippen LogP contribution in [0, 0.1) is 0 Å². The molecule has 0 unspecified atom stereocenters. The van der Waals surface area contributed by atoms with Crippen LogP contribution in [0.3, 0.4) is 0 Å². The molecule has 3 aromatic rings. The number of fused-ring (bicyclic) bond motifs is 1. The third kappa shape index (κ3) is 2.36. The number of H-pyrrole nitrogens is 1. The lowest BCUT2D eigenvalue weighted by Crippen LogP contribution is -2.01. The molecule has 0 bridgehead atoms. The lowest BCUT2D eigenvalue weighted by atomic mass is 10.0. The molecule has 0 fully saturated rings. The summed E-state index contributed by atoms with van der Waals surface area (Å²) < 4.78 is 5.16. The number of rotatable bonds is 5. The summed E-state index contributed by atoms with van der Waals surface area (Å²) in [5.41, 5.74) is 3.90. The first-order valence-electron chi connectivity index (χ1n) is 6.88. The molecule has 4 nitrogen and oxygen atoms in total. The molecule has 0 saturated heterocycles. The van der Waals surface area contributed by atoms with E-state index in [1.54, 1.807) is 6.07 Å². The van der Waals surface area contributed by atoms with Crippen molar-refractivity contribution in [1.82, 2.24) is 4.98 Å². The molecule has 0 spiro atoms. The molecule has 0 amide bonds. The van der Waals surface area contributed by atoms with Crippen molar-refractivity contribution in [2.45, 2.75) is 6.92 Å². The first kappa shape index (κ1) is 13.2. The summed E-state index contributed by atoms with van der Waals surface area (Å²) in [6.07, 6.45) is 1.94. The molecule has 0 aliphatic carbocycles. The molecule has 1 aromatic heterocycles. The van der Waals surface area contributed by atoms with E-state index in [9.17, 15) is 4.79 Å². The maximum Gasteiger partial charge on any atom is 0.298 e. The van der Waals surface area contributed by atoms with Crippen LogP contribution in [0.4, 0.5) is 5.69 Å². The smallest absolute Gasteiger partial charge is 0.298 e. The van der Waals surface area contributed by atoms with Crippen LogP contribution in [0.5, 0.6) is 5.75 Å². The van der Waals surface area contributed by atoms with Crippen LogP contribution in [0.1, 0.15) is 6.92 Å². The minimum absolute atomic E-state index is 0.462. The molecule has 106 valence electrons. The van der Waals surface area contributed by atoms with Crippen LogP contribution in [0.25, 0.3) is 22.0 Å². The lowest BCUT2D eigenvalue weighted by Gasteiger charge is -2.13. The van der Waals surface area contributed by atoms with Gasteiger partial charge < -0.3 is 15.0 Å². The normalized spacial score (nSPS) is 10.5. The quantitative estimate of drug-likeness (QED) is 0.699. The summed E-state index contributed by atoms with van der Waals surface area (Å²) >= 11 is 0. The van der Waals surface area contributed by atoms with Gasteiger partial charge in [0.05, 0.1) is 0 Å². The van der Waals surface area contributed by atoms with Crippen molar-refractivity contribution in [2.75, 3.05) is 11.9 Å². The number of aromatic nitrogens is 1. The third-order valence-corrected chi connectivity index (χ3v) is 3.43. The van der Waals surface area contributed by atoms with Crippen LogP contribution in [0.15, 0.2) is 48.7 Å². The Bertz CT molecular complexity index is 777. The van der Waals surface area contributed by atoms with E-state index in [1.165, 1.54) is 0 Å². The first-order chi connectivity index (χ1) is 10.3. The number of carbonyl (C=O) groups excluding carboxylic acids is 1. The fourth-order valence-electron chi connectivity index (χ4n) is 2.58. The van der Waals surface area contributed by atoms with Gasteiger partial charge in [0, 0.05) is 40.5 Å². The van der Waals surface area contributed by atoms with E-state index in [0.29, 0.717) is 12.2 Å². The van der Waals surface area contributed by atoms with Crippen LogP contribution in [-0.2, 0) is 4.79 Å². The van der Waals surface area contributed by atoms with Crippen molar-refractivity contribution in [3.8, 4) is 16.9 Å². The number of nitrogens with one attached hydrogen (secondary N) is 2. The summed E-state index contributed by atoms with van der Waals surface area (Å²) in [5.74, 6) is 0.549. The maximum atomic E-state index is 10.8. The molecule has 2 aromatic carbocycles. The van der Waals surface area contributed by atoms with E-state index in [2.05, 4.69) is 16.4 Å². The van der Waals surface area contributed by atoms with Gasteiger partial charge in [-0.15, -0.1) is 0 Å². The van der Waals surface area contributed by atoms with Gasteiger partial charge in [-0.1, -0.05) is 24.3 Å². The molecule has 2 N–H and O–H groups in total. The highest BCUT2D eigenvalue weighted by atomic mass is 16.5. The van der Waals surface area contributed by atoms with Crippen LogP contribution in [0.2, 0.25) is 0 Å². The number of hydrogen-bond donors (Lipinski definition) is 2. The van der Waals surface area contributed by atoms with Crippen LogP contribution in [-0.4, -0.2) is 18.0 Å². The highest BCUT2D eigenvalue weighted by molar-refractivity contribution is 6.00. The zero-order chi connectivity index (χ0) is 14.7. The first-order valence-corrected chi connectivity index (χ1v) is 6.88. The lowest BCUT2D eigenvalue weighted by molar-refractivity contribution is -0.120. The summed E-state index contributed by atoms with van der Waals surface area (Å²) in [5, 5.41) is 4.41. The average molecular weight is 280 g/mol. The van der Waals surface area contributed by atoms with Crippen molar-refractivity contribution < 1.29 is 9.53 Å². The van der Waals surface area contributed by atoms with Crippen molar-refractivity contribution in [2.24, 2.45) is 0 Å². The fraction of sp³-hybridized carbons (Fsp3) is 0.118. The van der Waals surface area contributed by atoms with Gasteiger partial charge >= 0.3 is 0 Å². The monoisotopic (exact) mass is 280 g/mol. The molecule has 0 atom stereocenters. The molecular formula is C17H16N2O2. The molecular weight excluding hydrogens is 264 g/mol. The Balaban J connectivity index is 2.26. The number of para-hydroxylation sites is 1. The fourth-order valence-corrected chi connectivity index (χ4v) is 2.58. The summed E-state index contributed by atoms with van der Waals surface area (Å²) in [4.78, 5) is 14.0. The number of carbonyl (C=O) groups is 1. The molecule has 0 radical (unpaired) electrons. The Morgan fingerprint density at radius 1 is 1.19 bits per heavy atom. The predicted molar refractivity (Wildman–Crippen MR) is 84.6 cm³/mol. The maximum absolute atomic E-state index is 10.8. The Kier molecular flexibility index (Phi) is 3.60. The number of hydrogen-bond acceptors (Lipinski definition) is 3. The Morgan fingerprint density at radius 3 is 2.86 bits per heavy atom. The standard InChI is InChI=1S/C17H16N2O2/c1-2-18-15-8-5-9-16(21-11-20)17(15)13-10-19-14-7-4-3-6-12(13)14/h3-11,18-19H,2H2,1H3. The topological polar surface area (TPSA) is 54.1 Å². The van der Waals surface area contributed by atoms with Crippen LogP contribution < -0.4 is 10.1 Å². The molecule has 21 heavy (non-hydrogen) atoms. The van der Waals surface area contributed by atoms with Gasteiger partial charge in [-0.25, -0.2) is 0 Å². The van der Waals surface area contributed by atoms with Gasteiger partial charge in [0.25, 0.3) is 6.47 Å². The van der Waals surface area contributed by atoms with Gasteiger partial charge in [0.1, 0.15) is 5.75 Å². The molecule has 4 heteroatoms. The van der Waals surface area contributed by atoms with Gasteiger partial charge in [-0.05, 0) is 25.1 Å². The molecule has 0 aliphatic rings. The van der Waals surface area contributed by atoms with E-state index in [1.807, 2.05) is 43.5 Å². The number of ether oxygens (including phenoxy) is 1. The van der Waals surface area contributed by atoms with Gasteiger partial charge in [-0.2, -0.15) is 0 Å². The van der Waals surface area contributed by atoms with Gasteiger partial charge in [0.2, 0.25) is 0 Å². The van der Waals surface area contributed by atoms with Gasteiger partial charge in [-0.3, -0.25) is 4.79 Å². The highest BCUT2D eigenvalue weighted by Gasteiger charge is 2.15. The van der Waals surface area contributed by atoms with E-state index in [0.717, 1.165) is 34.3 Å². The molecule has 3 rings (SSSR count). The SMILES string of the molecule is CCNc1cccc(OC=O)c1-c1c[nH]c2ccccc12. The Morgan fingerprint density at radius 2 is 2.05 bits per heavy atom. The third-order valence-electron chi connectivity index (χ3n) is 3.43. The Labute approximate surface area is 122 Å². The second-order valence-corrected chi connectivity index (χ2v) is 4.67. The van der Waals surface area contributed by atoms with Crippen molar-refractivity contribution in [3.63, 3.8) is 0 Å². The molecule has 0 saturated carbocycles. The summed E-state index contributed by atoms with van der Waals surface area (Å²) in [7, 11) is 0. The van der Waals surface area contributed by atoms with Gasteiger partial charge in [0.15, 0.2) is 0 Å². The van der Waals surface area contributed by atoms with E-state index in [4.69, 9.17) is 4.74 Å². The zero-order valence-corrected chi connectivity index (χ0v) is 11.7. The summed E-state index contributed by atoms with van der Waals surface area (Å²) in [6, 6.07) is 13.7. The largest absolute Gasteiger partial charge is 0.428 e. The van der Waals surface area contributed by atoms with E-state index < -0.39 is 0 Å². The zero-order valence-electron chi connectivity index (χ0n) is 11.7. The van der Waals surface area contributed by atoms with E-state index in [-0.39, 0.29) is 0 Å². The van der Waals surface area contributed by atoms with Crippen molar-refractivity contribution in [3.05, 3.63) is 48.7 Å². The second kappa shape index (κ2) is 5.71. The van der Waals surface area contributed by atoms with E-state index >= 15 is 0 Å². The molecule has 0 aliphatic heterocycles. The Hall–Kier alpha value is -2.75. The average Bonchev–Trinajstić information content (AvgIpc) is 2.92. The predicted octanol–water partition coefficient (Wildman–Crippen LogP) is 3.80. The number of anilines is 1.